The zero-order valence-electron chi connectivity index (χ0n) is 13.3. The first-order chi connectivity index (χ1) is 10.7. The van der Waals surface area contributed by atoms with Gasteiger partial charge in [-0.1, -0.05) is 6.07 Å². The average molecular weight is 323 g/mol. The maximum Gasteiger partial charge on any atom is 0.166 e. The van der Waals surface area contributed by atoms with Crippen LogP contribution in [0.4, 0.5) is 5.82 Å². The predicted molar refractivity (Wildman–Crippen MR) is 93.3 cm³/mol. The second-order valence-corrected chi connectivity index (χ2v) is 5.85. The molecule has 2 rings (SSSR count). The highest BCUT2D eigenvalue weighted by Crippen LogP contribution is 2.13. The van der Waals surface area contributed by atoms with Crippen molar-refractivity contribution in [3.8, 4) is 0 Å². The standard InChI is InChI=1S/C15H25N5OS/c1-19(2)14-13(4-3-5-16-14)12-18-15(22)17-6-7-20-8-10-21-11-9-20/h3-5H,6-12H2,1-2H3,(H2,17,18,22). The van der Waals surface area contributed by atoms with Crippen molar-refractivity contribution in [2.45, 2.75) is 6.54 Å². The van der Waals surface area contributed by atoms with Gasteiger partial charge in [-0.25, -0.2) is 4.98 Å². The fourth-order valence-corrected chi connectivity index (χ4v) is 2.54. The molecule has 7 heteroatoms. The van der Waals surface area contributed by atoms with Gasteiger partial charge in [-0.3, -0.25) is 4.90 Å². The highest BCUT2D eigenvalue weighted by atomic mass is 32.1. The van der Waals surface area contributed by atoms with E-state index in [0.29, 0.717) is 11.7 Å². The Bertz CT molecular complexity index is 477. The molecule has 6 nitrogen and oxygen atoms in total. The van der Waals surface area contributed by atoms with Crippen molar-refractivity contribution in [1.82, 2.24) is 20.5 Å². The minimum Gasteiger partial charge on any atom is -0.379 e. The first-order valence-electron chi connectivity index (χ1n) is 7.60. The number of morpholine rings is 1. The third-order valence-electron chi connectivity index (χ3n) is 3.55. The molecule has 2 N–H and O–H groups in total. The summed E-state index contributed by atoms with van der Waals surface area (Å²) in [6.45, 7) is 6.17. The summed E-state index contributed by atoms with van der Waals surface area (Å²) in [5, 5.41) is 7.18. The molecule has 0 atom stereocenters. The molecular weight excluding hydrogens is 298 g/mol. The van der Waals surface area contributed by atoms with Gasteiger partial charge in [0, 0.05) is 58.6 Å². The first kappa shape index (κ1) is 16.9. The molecule has 122 valence electrons. The first-order valence-corrected chi connectivity index (χ1v) is 8.00. The summed E-state index contributed by atoms with van der Waals surface area (Å²) < 4.78 is 5.34. The SMILES string of the molecule is CN(C)c1ncccc1CNC(=S)NCCN1CCOCC1. The summed E-state index contributed by atoms with van der Waals surface area (Å²) in [6, 6.07) is 4.00. The molecular formula is C15H25N5OS. The van der Waals surface area contributed by atoms with Crippen LogP contribution in [-0.4, -0.2) is 68.5 Å². The number of pyridine rings is 1. The number of aromatic nitrogens is 1. The van der Waals surface area contributed by atoms with Crippen molar-refractivity contribution in [1.29, 1.82) is 0 Å². The van der Waals surface area contributed by atoms with Gasteiger partial charge in [0.25, 0.3) is 0 Å². The molecule has 0 amide bonds. The Morgan fingerprint density at radius 2 is 2.14 bits per heavy atom. The van der Waals surface area contributed by atoms with Gasteiger partial charge < -0.3 is 20.3 Å². The largest absolute Gasteiger partial charge is 0.379 e. The summed E-state index contributed by atoms with van der Waals surface area (Å²) in [5.41, 5.74) is 1.13. The molecule has 1 aliphatic heterocycles. The number of hydrogen-bond acceptors (Lipinski definition) is 5. The van der Waals surface area contributed by atoms with E-state index in [9.17, 15) is 0 Å². The third-order valence-corrected chi connectivity index (χ3v) is 3.84. The van der Waals surface area contributed by atoms with E-state index in [1.807, 2.05) is 25.1 Å². The van der Waals surface area contributed by atoms with E-state index in [1.54, 1.807) is 6.20 Å². The second kappa shape index (κ2) is 8.87. The van der Waals surface area contributed by atoms with Crippen LogP contribution in [0.1, 0.15) is 5.56 Å². The normalized spacial score (nSPS) is 15.4. The Labute approximate surface area is 137 Å². The molecule has 0 aliphatic carbocycles. The van der Waals surface area contributed by atoms with Gasteiger partial charge in [0.05, 0.1) is 13.2 Å². The van der Waals surface area contributed by atoms with Crippen molar-refractivity contribution >= 4 is 23.1 Å². The Morgan fingerprint density at radius 1 is 1.36 bits per heavy atom. The van der Waals surface area contributed by atoms with Crippen LogP contribution in [-0.2, 0) is 11.3 Å². The summed E-state index contributed by atoms with van der Waals surface area (Å²) in [6.07, 6.45) is 1.80. The van der Waals surface area contributed by atoms with Crippen LogP contribution in [0.5, 0.6) is 0 Å². The number of rotatable bonds is 6. The molecule has 0 spiro atoms. The molecule has 0 aromatic carbocycles. The smallest absolute Gasteiger partial charge is 0.166 e. The van der Waals surface area contributed by atoms with Crippen LogP contribution in [0.15, 0.2) is 18.3 Å². The third kappa shape index (κ3) is 5.40. The molecule has 0 radical (unpaired) electrons. The molecule has 0 unspecified atom stereocenters. The van der Waals surface area contributed by atoms with E-state index in [1.165, 1.54) is 0 Å². The van der Waals surface area contributed by atoms with Crippen LogP contribution in [0.2, 0.25) is 0 Å². The number of anilines is 1. The number of nitrogens with zero attached hydrogens (tertiary/aromatic N) is 3. The number of ether oxygens (including phenoxy) is 1. The van der Waals surface area contributed by atoms with Gasteiger partial charge in [-0.2, -0.15) is 0 Å². The average Bonchev–Trinajstić information content (AvgIpc) is 2.54. The minimum atomic E-state index is 0.671. The predicted octanol–water partition coefficient (Wildman–Crippen LogP) is 0.444. The summed E-state index contributed by atoms with van der Waals surface area (Å²) >= 11 is 5.33. The zero-order chi connectivity index (χ0) is 15.8. The van der Waals surface area contributed by atoms with E-state index < -0.39 is 0 Å². The van der Waals surface area contributed by atoms with E-state index >= 15 is 0 Å². The number of nitrogens with one attached hydrogen (secondary N) is 2. The minimum absolute atomic E-state index is 0.671. The topological polar surface area (TPSA) is 52.7 Å². The van der Waals surface area contributed by atoms with Crippen molar-refractivity contribution in [3.63, 3.8) is 0 Å². The van der Waals surface area contributed by atoms with Crippen LogP contribution >= 0.6 is 12.2 Å². The fraction of sp³-hybridized carbons (Fsp3) is 0.600. The van der Waals surface area contributed by atoms with Crippen molar-refractivity contribution in [3.05, 3.63) is 23.9 Å². The molecule has 1 aromatic rings. The molecule has 1 aromatic heterocycles. The lowest BCUT2D eigenvalue weighted by molar-refractivity contribution is 0.0389. The highest BCUT2D eigenvalue weighted by molar-refractivity contribution is 7.80. The maximum atomic E-state index is 5.34. The monoisotopic (exact) mass is 323 g/mol. The van der Waals surface area contributed by atoms with Crippen LogP contribution in [0, 0.1) is 0 Å². The Kier molecular flexibility index (Phi) is 6.82. The molecule has 1 saturated heterocycles. The molecule has 1 fully saturated rings. The Hall–Kier alpha value is -1.44. The molecule has 1 aliphatic rings. The van der Waals surface area contributed by atoms with Gasteiger partial charge >= 0.3 is 0 Å². The molecule has 0 bridgehead atoms. The van der Waals surface area contributed by atoms with Gasteiger partial charge in [0.15, 0.2) is 5.11 Å². The molecule has 2 heterocycles. The van der Waals surface area contributed by atoms with Gasteiger partial charge in [0.1, 0.15) is 5.82 Å². The lowest BCUT2D eigenvalue weighted by Gasteiger charge is -2.26. The number of hydrogen-bond donors (Lipinski definition) is 2. The lowest BCUT2D eigenvalue weighted by atomic mass is 10.2. The zero-order valence-corrected chi connectivity index (χ0v) is 14.2. The number of thiocarbonyl (C=S) groups is 1. The lowest BCUT2D eigenvalue weighted by Crippen LogP contribution is -2.43. The second-order valence-electron chi connectivity index (χ2n) is 5.44. The van der Waals surface area contributed by atoms with Crippen LogP contribution < -0.4 is 15.5 Å². The van der Waals surface area contributed by atoms with E-state index in [2.05, 4.69) is 26.6 Å². The highest BCUT2D eigenvalue weighted by Gasteiger charge is 2.10. The van der Waals surface area contributed by atoms with E-state index in [-0.39, 0.29) is 0 Å². The van der Waals surface area contributed by atoms with Crippen LogP contribution in [0.3, 0.4) is 0 Å². The summed E-state index contributed by atoms with van der Waals surface area (Å²) in [5.74, 6) is 0.964. The quantitative estimate of drug-likeness (QED) is 0.737. The van der Waals surface area contributed by atoms with Gasteiger partial charge in [-0.15, -0.1) is 0 Å². The van der Waals surface area contributed by atoms with Gasteiger partial charge in [0.2, 0.25) is 0 Å². The molecule has 22 heavy (non-hydrogen) atoms. The van der Waals surface area contributed by atoms with E-state index in [4.69, 9.17) is 17.0 Å². The van der Waals surface area contributed by atoms with E-state index in [0.717, 1.165) is 50.8 Å². The summed E-state index contributed by atoms with van der Waals surface area (Å²) in [4.78, 5) is 8.77. The Balaban J connectivity index is 1.69. The molecule has 0 saturated carbocycles. The van der Waals surface area contributed by atoms with Crippen molar-refractivity contribution in [2.75, 3.05) is 58.4 Å². The maximum absolute atomic E-state index is 5.34. The van der Waals surface area contributed by atoms with Gasteiger partial charge in [-0.05, 0) is 18.3 Å². The Morgan fingerprint density at radius 3 is 2.86 bits per heavy atom. The fourth-order valence-electron chi connectivity index (χ4n) is 2.36. The van der Waals surface area contributed by atoms with Crippen LogP contribution in [0.25, 0.3) is 0 Å². The van der Waals surface area contributed by atoms with Crippen molar-refractivity contribution in [2.24, 2.45) is 0 Å². The van der Waals surface area contributed by atoms with Crippen molar-refractivity contribution < 1.29 is 4.74 Å². The summed E-state index contributed by atoms with van der Waals surface area (Å²) in [7, 11) is 3.98.